The van der Waals surface area contributed by atoms with Crippen LogP contribution in [0.1, 0.15) is 59.9 Å². The van der Waals surface area contributed by atoms with Gasteiger partial charge >= 0.3 is 0 Å². The van der Waals surface area contributed by atoms with Crippen LogP contribution in [0.5, 0.6) is 0 Å². The number of nitrogens with zero attached hydrogens (tertiary/aromatic N) is 2. The summed E-state index contributed by atoms with van der Waals surface area (Å²) in [5, 5.41) is 3.24. The SMILES string of the molecule is Cc1cccc(CN(C(=O)CN(c2c(C)cccc2C)S(C)(=O)=O)[C@H](Cc2ccccc2)C(=O)NC2CCCCC2)c1. The van der Waals surface area contributed by atoms with E-state index in [-0.39, 0.29) is 18.5 Å². The van der Waals surface area contributed by atoms with E-state index in [0.717, 1.165) is 66.2 Å². The molecule has 1 aliphatic carbocycles. The summed E-state index contributed by atoms with van der Waals surface area (Å²) in [6, 6.07) is 22.3. The van der Waals surface area contributed by atoms with Crippen molar-refractivity contribution in [3.63, 3.8) is 0 Å². The van der Waals surface area contributed by atoms with Crippen LogP contribution in [0.2, 0.25) is 0 Å². The molecule has 0 radical (unpaired) electrons. The van der Waals surface area contributed by atoms with Crippen molar-refractivity contribution >= 4 is 27.5 Å². The van der Waals surface area contributed by atoms with Crippen LogP contribution in [-0.2, 0) is 32.6 Å². The average Bonchev–Trinajstić information content (AvgIpc) is 2.94. The van der Waals surface area contributed by atoms with E-state index in [9.17, 15) is 18.0 Å². The number of benzene rings is 3. The van der Waals surface area contributed by atoms with Gasteiger partial charge in [-0.05, 0) is 55.9 Å². The summed E-state index contributed by atoms with van der Waals surface area (Å²) in [5.74, 6) is -0.631. The van der Waals surface area contributed by atoms with Crippen molar-refractivity contribution in [3.05, 3.63) is 101 Å². The van der Waals surface area contributed by atoms with Crippen LogP contribution >= 0.6 is 0 Å². The number of hydrogen-bond acceptors (Lipinski definition) is 4. The van der Waals surface area contributed by atoms with E-state index in [1.807, 2.05) is 93.6 Å². The molecule has 1 fully saturated rings. The van der Waals surface area contributed by atoms with Gasteiger partial charge in [0.2, 0.25) is 21.8 Å². The molecular formula is C34H43N3O4S. The minimum Gasteiger partial charge on any atom is -0.352 e. The van der Waals surface area contributed by atoms with Gasteiger partial charge in [-0.3, -0.25) is 13.9 Å². The molecule has 7 nitrogen and oxygen atoms in total. The normalized spacial score (nSPS) is 14.7. The summed E-state index contributed by atoms with van der Waals surface area (Å²) in [4.78, 5) is 30.0. The quantitative estimate of drug-likeness (QED) is 0.322. The summed E-state index contributed by atoms with van der Waals surface area (Å²) < 4.78 is 27.4. The molecule has 0 spiro atoms. The van der Waals surface area contributed by atoms with Crippen molar-refractivity contribution in [1.29, 1.82) is 0 Å². The molecule has 0 heterocycles. The fourth-order valence-corrected chi connectivity index (χ4v) is 6.84. The zero-order valence-corrected chi connectivity index (χ0v) is 26.0. The van der Waals surface area contributed by atoms with Gasteiger partial charge < -0.3 is 10.2 Å². The Morgan fingerprint density at radius 1 is 0.857 bits per heavy atom. The van der Waals surface area contributed by atoms with Crippen molar-refractivity contribution in [2.75, 3.05) is 17.1 Å². The predicted molar refractivity (Wildman–Crippen MR) is 169 cm³/mol. The molecule has 3 aromatic carbocycles. The molecule has 0 aliphatic heterocycles. The van der Waals surface area contributed by atoms with E-state index in [1.54, 1.807) is 4.90 Å². The molecule has 0 saturated heterocycles. The first-order valence-corrected chi connectivity index (χ1v) is 16.6. The molecule has 2 amide bonds. The zero-order valence-electron chi connectivity index (χ0n) is 25.2. The number of rotatable bonds is 11. The van der Waals surface area contributed by atoms with E-state index in [4.69, 9.17) is 0 Å². The molecule has 8 heteroatoms. The first kappa shape index (κ1) is 31.3. The van der Waals surface area contributed by atoms with Gasteiger partial charge in [0.1, 0.15) is 12.6 Å². The molecule has 0 bridgehead atoms. The van der Waals surface area contributed by atoms with Gasteiger partial charge in [0.25, 0.3) is 0 Å². The van der Waals surface area contributed by atoms with Crippen LogP contribution in [0.3, 0.4) is 0 Å². The largest absolute Gasteiger partial charge is 0.352 e. The van der Waals surface area contributed by atoms with Gasteiger partial charge in [-0.2, -0.15) is 0 Å². The van der Waals surface area contributed by atoms with Crippen molar-refractivity contribution in [2.45, 2.75) is 77.9 Å². The third-order valence-electron chi connectivity index (χ3n) is 8.03. The van der Waals surface area contributed by atoms with Crippen molar-refractivity contribution in [2.24, 2.45) is 0 Å². The molecule has 3 aromatic rings. The number of amides is 2. The molecule has 224 valence electrons. The van der Waals surface area contributed by atoms with E-state index < -0.39 is 28.5 Å². The highest BCUT2D eigenvalue weighted by atomic mass is 32.2. The summed E-state index contributed by atoms with van der Waals surface area (Å²) in [6.07, 6.45) is 6.58. The number of carbonyl (C=O) groups is 2. The number of aryl methyl sites for hydroxylation is 3. The Labute approximate surface area is 251 Å². The Balaban J connectivity index is 1.75. The second kappa shape index (κ2) is 14.0. The van der Waals surface area contributed by atoms with E-state index in [2.05, 4.69) is 5.32 Å². The molecule has 1 atom stereocenters. The van der Waals surface area contributed by atoms with Crippen LogP contribution in [0.4, 0.5) is 5.69 Å². The number of anilines is 1. The molecule has 42 heavy (non-hydrogen) atoms. The minimum atomic E-state index is -3.81. The number of sulfonamides is 1. The topological polar surface area (TPSA) is 86.8 Å². The molecule has 4 rings (SSSR count). The zero-order chi connectivity index (χ0) is 30.3. The predicted octanol–water partition coefficient (Wildman–Crippen LogP) is 5.47. The lowest BCUT2D eigenvalue weighted by molar-refractivity contribution is -0.140. The van der Waals surface area contributed by atoms with Gasteiger partial charge in [-0.25, -0.2) is 8.42 Å². The maximum atomic E-state index is 14.4. The smallest absolute Gasteiger partial charge is 0.244 e. The van der Waals surface area contributed by atoms with Crippen LogP contribution in [0.25, 0.3) is 0 Å². The maximum Gasteiger partial charge on any atom is 0.244 e. The standard InChI is InChI=1S/C34H43N3O4S/c1-25-13-11-18-29(21-25)23-36(32(38)24-37(42(4,40)41)33-26(2)14-12-15-27(33)3)31(22-28-16-7-5-8-17-28)34(39)35-30-19-9-6-10-20-30/h5,7-8,11-18,21,30-31H,6,9-10,19-20,22-24H2,1-4H3,(H,35,39)/t31-/m1/s1. The van der Waals surface area contributed by atoms with E-state index in [0.29, 0.717) is 12.1 Å². The van der Waals surface area contributed by atoms with Gasteiger partial charge in [0, 0.05) is 19.0 Å². The molecule has 0 aromatic heterocycles. The summed E-state index contributed by atoms with van der Waals surface area (Å²) in [5.41, 5.74) is 4.86. The van der Waals surface area contributed by atoms with Crippen molar-refractivity contribution < 1.29 is 18.0 Å². The van der Waals surface area contributed by atoms with Crippen LogP contribution in [0.15, 0.2) is 72.8 Å². The second-order valence-electron chi connectivity index (χ2n) is 11.6. The molecule has 1 N–H and O–H groups in total. The number of para-hydroxylation sites is 1. The van der Waals surface area contributed by atoms with Crippen LogP contribution in [-0.4, -0.2) is 50.0 Å². The Hall–Kier alpha value is -3.65. The molecule has 1 saturated carbocycles. The number of hydrogen-bond donors (Lipinski definition) is 1. The highest BCUT2D eigenvalue weighted by Gasteiger charge is 2.34. The van der Waals surface area contributed by atoms with Gasteiger partial charge in [0.15, 0.2) is 0 Å². The third-order valence-corrected chi connectivity index (χ3v) is 9.14. The van der Waals surface area contributed by atoms with Gasteiger partial charge in [0.05, 0.1) is 11.9 Å². The molecule has 1 aliphatic rings. The Kier molecular flexibility index (Phi) is 10.4. The van der Waals surface area contributed by atoms with Crippen LogP contribution < -0.4 is 9.62 Å². The first-order valence-electron chi connectivity index (χ1n) is 14.8. The highest BCUT2D eigenvalue weighted by Crippen LogP contribution is 2.28. The Morgan fingerprint density at radius 3 is 2.10 bits per heavy atom. The summed E-state index contributed by atoms with van der Waals surface area (Å²) >= 11 is 0. The second-order valence-corrected chi connectivity index (χ2v) is 13.5. The Bertz CT molecular complexity index is 1460. The number of carbonyl (C=O) groups excluding carboxylic acids is 2. The van der Waals surface area contributed by atoms with Gasteiger partial charge in [-0.1, -0.05) is 97.6 Å². The maximum absolute atomic E-state index is 14.4. The third kappa shape index (κ3) is 8.22. The lowest BCUT2D eigenvalue weighted by Gasteiger charge is -2.35. The fraction of sp³-hybridized carbons (Fsp3) is 0.412. The highest BCUT2D eigenvalue weighted by molar-refractivity contribution is 7.92. The summed E-state index contributed by atoms with van der Waals surface area (Å²) in [6.45, 7) is 5.44. The van der Waals surface area contributed by atoms with E-state index >= 15 is 0 Å². The molecule has 0 unspecified atom stereocenters. The van der Waals surface area contributed by atoms with Crippen molar-refractivity contribution in [1.82, 2.24) is 10.2 Å². The van der Waals surface area contributed by atoms with E-state index in [1.165, 1.54) is 4.31 Å². The van der Waals surface area contributed by atoms with Gasteiger partial charge in [-0.15, -0.1) is 0 Å². The monoisotopic (exact) mass is 589 g/mol. The fourth-order valence-electron chi connectivity index (χ4n) is 5.88. The minimum absolute atomic E-state index is 0.0718. The molecular weight excluding hydrogens is 546 g/mol. The first-order chi connectivity index (χ1) is 20.0. The average molecular weight is 590 g/mol. The Morgan fingerprint density at radius 2 is 1.48 bits per heavy atom. The van der Waals surface area contributed by atoms with Crippen molar-refractivity contribution in [3.8, 4) is 0 Å². The number of nitrogens with one attached hydrogen (secondary N) is 1. The lowest BCUT2D eigenvalue weighted by Crippen LogP contribution is -2.55. The van der Waals surface area contributed by atoms with Crippen LogP contribution in [0, 0.1) is 20.8 Å². The summed E-state index contributed by atoms with van der Waals surface area (Å²) in [7, 11) is -3.81. The lowest BCUT2D eigenvalue weighted by atomic mass is 9.94.